The Labute approximate surface area is 254 Å². The van der Waals surface area contributed by atoms with Crippen molar-refractivity contribution in [2.24, 2.45) is 5.92 Å². The zero-order valence-corrected chi connectivity index (χ0v) is 24.6. The summed E-state index contributed by atoms with van der Waals surface area (Å²) in [5.41, 5.74) is 2.93. The molecule has 0 spiro atoms. The summed E-state index contributed by atoms with van der Waals surface area (Å²) in [6.07, 6.45) is 4.31. The molecule has 2 fully saturated rings. The van der Waals surface area contributed by atoms with Gasteiger partial charge < -0.3 is 19.7 Å². The van der Waals surface area contributed by atoms with E-state index in [-0.39, 0.29) is 24.5 Å². The van der Waals surface area contributed by atoms with Crippen LogP contribution in [0, 0.1) is 5.92 Å². The van der Waals surface area contributed by atoms with Gasteiger partial charge in [-0.2, -0.15) is 0 Å². The summed E-state index contributed by atoms with van der Waals surface area (Å²) in [6.45, 7) is 4.49. The molecule has 2 saturated heterocycles. The Balaban J connectivity index is 1.15. The number of ether oxygens (including phenoxy) is 2. The minimum absolute atomic E-state index is 0.0342. The fraction of sp³-hybridized carbons (Fsp3) is 0.400. The zero-order valence-electron chi connectivity index (χ0n) is 24.6. The van der Waals surface area contributed by atoms with Gasteiger partial charge in [-0.25, -0.2) is 0 Å². The maximum atomic E-state index is 13.6. The van der Waals surface area contributed by atoms with Gasteiger partial charge in [-0.3, -0.25) is 19.3 Å². The van der Waals surface area contributed by atoms with Gasteiger partial charge in [0.05, 0.1) is 6.61 Å². The van der Waals surface area contributed by atoms with Crippen LogP contribution in [0.25, 0.3) is 0 Å². The summed E-state index contributed by atoms with van der Waals surface area (Å²) in [5, 5.41) is 2.99. The average Bonchev–Trinajstić information content (AvgIpc) is 3.05. The van der Waals surface area contributed by atoms with Crippen LogP contribution >= 0.6 is 0 Å². The van der Waals surface area contributed by atoms with Gasteiger partial charge in [-0.05, 0) is 73.5 Å². The fourth-order valence-electron chi connectivity index (χ4n) is 5.90. The standard InChI is InChI=1S/C35H41N3O5/c39-26-38-20-16-31(17-21-38)36-33(40)25-42-32-13-7-12-30(22-32)34(29-10-5-2-6-11-29)35(41)43-24-28-14-18-37(19-15-28)23-27-8-3-1-4-9-27/h1-13,22,26,28,31,34H,14-21,23-25H2,(H,36,40). The third-order valence-electron chi connectivity index (χ3n) is 8.39. The first-order valence-corrected chi connectivity index (χ1v) is 15.3. The van der Waals surface area contributed by atoms with E-state index >= 15 is 0 Å². The van der Waals surface area contributed by atoms with E-state index in [1.165, 1.54) is 5.56 Å². The number of carbonyl (C=O) groups excluding carboxylic acids is 3. The molecular weight excluding hydrogens is 542 g/mol. The molecule has 226 valence electrons. The van der Waals surface area contributed by atoms with Crippen molar-refractivity contribution in [3.8, 4) is 5.75 Å². The highest BCUT2D eigenvalue weighted by molar-refractivity contribution is 5.82. The molecule has 5 rings (SSSR count). The van der Waals surface area contributed by atoms with Crippen molar-refractivity contribution in [2.45, 2.75) is 44.2 Å². The lowest BCUT2D eigenvalue weighted by atomic mass is 9.91. The number of benzene rings is 3. The molecular formula is C35H41N3O5. The minimum Gasteiger partial charge on any atom is -0.484 e. The van der Waals surface area contributed by atoms with Gasteiger partial charge in [0, 0.05) is 25.7 Å². The molecule has 8 heteroatoms. The summed E-state index contributed by atoms with van der Waals surface area (Å²) in [5.74, 6) is -0.229. The second-order valence-electron chi connectivity index (χ2n) is 11.5. The third-order valence-corrected chi connectivity index (χ3v) is 8.39. The van der Waals surface area contributed by atoms with Gasteiger partial charge in [0.2, 0.25) is 6.41 Å². The predicted octanol–water partition coefficient (Wildman–Crippen LogP) is 4.39. The number of amides is 2. The Morgan fingerprint density at radius 3 is 2.21 bits per heavy atom. The average molecular weight is 584 g/mol. The summed E-state index contributed by atoms with van der Waals surface area (Å²) in [7, 11) is 0. The number of esters is 1. The Morgan fingerprint density at radius 1 is 0.837 bits per heavy atom. The van der Waals surface area contributed by atoms with Crippen molar-refractivity contribution < 1.29 is 23.9 Å². The van der Waals surface area contributed by atoms with Gasteiger partial charge in [0.1, 0.15) is 11.7 Å². The van der Waals surface area contributed by atoms with Gasteiger partial charge in [-0.1, -0.05) is 72.8 Å². The first-order chi connectivity index (χ1) is 21.1. The SMILES string of the molecule is O=CN1CCC(NC(=O)COc2cccc(C(C(=O)OCC3CCN(Cc4ccccc4)CC3)c3ccccc3)c2)CC1. The number of nitrogens with zero attached hydrogens (tertiary/aromatic N) is 2. The third kappa shape index (κ3) is 8.91. The summed E-state index contributed by atoms with van der Waals surface area (Å²) < 4.78 is 11.8. The summed E-state index contributed by atoms with van der Waals surface area (Å²) >= 11 is 0. The highest BCUT2D eigenvalue weighted by Gasteiger charge is 2.27. The van der Waals surface area contributed by atoms with E-state index in [0.717, 1.165) is 62.9 Å². The predicted molar refractivity (Wildman–Crippen MR) is 164 cm³/mol. The maximum Gasteiger partial charge on any atom is 0.317 e. The van der Waals surface area contributed by atoms with Crippen molar-refractivity contribution in [3.63, 3.8) is 0 Å². The van der Waals surface area contributed by atoms with Gasteiger partial charge in [0.15, 0.2) is 6.61 Å². The van der Waals surface area contributed by atoms with Crippen LogP contribution in [0.5, 0.6) is 5.75 Å². The number of carbonyl (C=O) groups is 3. The number of nitrogens with one attached hydrogen (secondary N) is 1. The smallest absolute Gasteiger partial charge is 0.317 e. The second-order valence-corrected chi connectivity index (χ2v) is 11.5. The van der Waals surface area contributed by atoms with E-state index in [4.69, 9.17) is 9.47 Å². The van der Waals surface area contributed by atoms with E-state index in [2.05, 4.69) is 34.5 Å². The molecule has 1 N–H and O–H groups in total. The van der Waals surface area contributed by atoms with Crippen molar-refractivity contribution in [2.75, 3.05) is 39.4 Å². The zero-order chi connectivity index (χ0) is 29.9. The molecule has 0 aliphatic carbocycles. The van der Waals surface area contributed by atoms with Crippen LogP contribution in [0.4, 0.5) is 0 Å². The molecule has 3 aromatic rings. The highest BCUT2D eigenvalue weighted by Crippen LogP contribution is 2.30. The maximum absolute atomic E-state index is 13.6. The molecule has 0 bridgehead atoms. The molecule has 0 aromatic heterocycles. The molecule has 0 saturated carbocycles. The number of piperidine rings is 2. The normalized spacial score (nSPS) is 17.2. The van der Waals surface area contributed by atoms with Gasteiger partial charge >= 0.3 is 5.97 Å². The minimum atomic E-state index is -0.597. The lowest BCUT2D eigenvalue weighted by molar-refractivity contribution is -0.146. The van der Waals surface area contributed by atoms with E-state index in [1.807, 2.05) is 54.6 Å². The van der Waals surface area contributed by atoms with E-state index in [0.29, 0.717) is 31.4 Å². The summed E-state index contributed by atoms with van der Waals surface area (Å²) in [4.78, 5) is 41.2. The lowest BCUT2D eigenvalue weighted by Crippen LogP contribution is -2.45. The number of rotatable bonds is 12. The monoisotopic (exact) mass is 583 g/mol. The molecule has 2 aliphatic heterocycles. The van der Waals surface area contributed by atoms with Crippen molar-refractivity contribution in [3.05, 3.63) is 102 Å². The van der Waals surface area contributed by atoms with Gasteiger partial charge in [-0.15, -0.1) is 0 Å². The first-order valence-electron chi connectivity index (χ1n) is 15.3. The number of hydrogen-bond donors (Lipinski definition) is 1. The Morgan fingerprint density at radius 2 is 1.51 bits per heavy atom. The largest absolute Gasteiger partial charge is 0.484 e. The summed E-state index contributed by atoms with van der Waals surface area (Å²) in [6, 6.07) is 27.5. The molecule has 2 aliphatic rings. The lowest BCUT2D eigenvalue weighted by Gasteiger charge is -2.32. The molecule has 43 heavy (non-hydrogen) atoms. The Kier molecular flexibility index (Phi) is 10.8. The Hall–Kier alpha value is -4.17. The fourth-order valence-corrected chi connectivity index (χ4v) is 5.90. The van der Waals surface area contributed by atoms with E-state index in [9.17, 15) is 14.4 Å². The molecule has 0 radical (unpaired) electrons. The first kappa shape index (κ1) is 30.3. The van der Waals surface area contributed by atoms with Crippen molar-refractivity contribution >= 4 is 18.3 Å². The van der Waals surface area contributed by atoms with Crippen LogP contribution in [0.1, 0.15) is 48.3 Å². The molecule has 3 aromatic carbocycles. The van der Waals surface area contributed by atoms with Crippen LogP contribution in [0.15, 0.2) is 84.9 Å². The molecule has 1 unspecified atom stereocenters. The molecule has 2 heterocycles. The van der Waals surface area contributed by atoms with Gasteiger partial charge in [0.25, 0.3) is 5.91 Å². The number of likely N-dealkylation sites (tertiary alicyclic amines) is 2. The number of hydrogen-bond acceptors (Lipinski definition) is 6. The quantitative estimate of drug-likeness (QED) is 0.251. The van der Waals surface area contributed by atoms with Crippen LogP contribution in [0.2, 0.25) is 0 Å². The van der Waals surface area contributed by atoms with E-state index in [1.54, 1.807) is 11.0 Å². The van der Waals surface area contributed by atoms with Crippen LogP contribution < -0.4 is 10.1 Å². The van der Waals surface area contributed by atoms with Crippen LogP contribution in [0.3, 0.4) is 0 Å². The van der Waals surface area contributed by atoms with Crippen molar-refractivity contribution in [1.29, 1.82) is 0 Å². The topological polar surface area (TPSA) is 88.2 Å². The molecule has 1 atom stereocenters. The van der Waals surface area contributed by atoms with Crippen LogP contribution in [-0.4, -0.2) is 73.5 Å². The Bertz CT molecular complexity index is 1320. The molecule has 2 amide bonds. The van der Waals surface area contributed by atoms with Crippen molar-refractivity contribution in [1.82, 2.24) is 15.1 Å². The second kappa shape index (κ2) is 15.3. The highest BCUT2D eigenvalue weighted by atomic mass is 16.5. The van der Waals surface area contributed by atoms with Crippen LogP contribution in [-0.2, 0) is 25.7 Å². The van der Waals surface area contributed by atoms with E-state index < -0.39 is 5.92 Å². The molecule has 8 nitrogen and oxygen atoms in total.